The summed E-state index contributed by atoms with van der Waals surface area (Å²) in [5, 5.41) is 0. The number of carbonyl (C=O) groups is 1. The van der Waals surface area contributed by atoms with Crippen molar-refractivity contribution < 1.29 is 32.8 Å². The Hall–Kier alpha value is -1.54. The Morgan fingerprint density at radius 2 is 1.02 bits per heavy atom. The van der Waals surface area contributed by atoms with Gasteiger partial charge in [0.1, 0.15) is 6.10 Å². The van der Waals surface area contributed by atoms with Crippen molar-refractivity contribution in [2.75, 3.05) is 33.0 Å². The molecule has 0 saturated carbocycles. The third kappa shape index (κ3) is 39.7. The van der Waals surface area contributed by atoms with E-state index in [1.807, 2.05) is 0 Å². The summed E-state index contributed by atoms with van der Waals surface area (Å²) in [5.41, 5.74) is 5.36. The Bertz CT molecular complexity index is 936. The van der Waals surface area contributed by atoms with E-state index < -0.39 is 13.9 Å². The van der Waals surface area contributed by atoms with E-state index in [9.17, 15) is 14.3 Å². The number of hydrogen-bond donors (Lipinski definition) is 2. The summed E-state index contributed by atoms with van der Waals surface area (Å²) in [6.07, 6.45) is 47.0. The molecule has 0 aromatic rings. The molecule has 0 heterocycles. The number of carbonyl (C=O) groups excluding carboxylic acids is 1. The standard InChI is InChI=1S/C43H80NO7P/c1-3-5-7-9-11-13-15-17-19-21-22-24-26-28-30-32-34-36-43(45)51-42(41-50-52(46,47)49-39-37-44)40-48-38-35-33-31-29-27-25-23-20-18-16-14-12-10-8-6-4-2/h11,13,17,19,22,24,28,30,42H,3-10,12,14-16,18,20-21,23,25-27,29,31-41,44H2,1-2H3,(H,46,47)/b13-11-,19-17-,24-22-,30-28-/t42-/m1/s1. The van der Waals surface area contributed by atoms with Gasteiger partial charge in [0, 0.05) is 19.6 Å². The smallest absolute Gasteiger partial charge is 0.457 e. The van der Waals surface area contributed by atoms with Gasteiger partial charge in [-0.15, -0.1) is 0 Å². The fraction of sp³-hybridized carbons (Fsp3) is 0.791. The molecule has 0 spiro atoms. The van der Waals surface area contributed by atoms with Crippen molar-refractivity contribution in [3.05, 3.63) is 48.6 Å². The van der Waals surface area contributed by atoms with E-state index in [0.29, 0.717) is 13.0 Å². The third-order valence-corrected chi connectivity index (χ3v) is 9.73. The van der Waals surface area contributed by atoms with Crippen LogP contribution in [-0.2, 0) is 27.9 Å². The highest BCUT2D eigenvalue weighted by Gasteiger charge is 2.25. The maximum absolute atomic E-state index is 12.5. The summed E-state index contributed by atoms with van der Waals surface area (Å²) in [5.74, 6) is -0.383. The summed E-state index contributed by atoms with van der Waals surface area (Å²) in [4.78, 5) is 22.4. The van der Waals surface area contributed by atoms with Crippen molar-refractivity contribution in [1.29, 1.82) is 0 Å². The molecule has 304 valence electrons. The fourth-order valence-corrected chi connectivity index (χ4v) is 6.40. The zero-order valence-electron chi connectivity index (χ0n) is 33.5. The molecule has 0 amide bonds. The SMILES string of the molecule is CCCCC/C=C\C/C=C\C/C=C\C/C=C\CCCC(=O)O[C@H](COCCCCCCCCCCCCCCCCCC)COP(=O)(O)OCCN. The predicted molar refractivity (Wildman–Crippen MR) is 219 cm³/mol. The summed E-state index contributed by atoms with van der Waals surface area (Å²) in [6.45, 7) is 4.83. The second-order valence-electron chi connectivity index (χ2n) is 13.9. The van der Waals surface area contributed by atoms with Crippen LogP contribution >= 0.6 is 7.82 Å². The molecule has 52 heavy (non-hydrogen) atoms. The number of ether oxygens (including phenoxy) is 2. The first-order valence-electron chi connectivity index (χ1n) is 21.1. The largest absolute Gasteiger partial charge is 0.472 e. The van der Waals surface area contributed by atoms with Crippen LogP contribution in [0.25, 0.3) is 0 Å². The number of esters is 1. The Labute approximate surface area is 320 Å². The first kappa shape index (κ1) is 50.5. The van der Waals surface area contributed by atoms with Gasteiger partial charge in [0.2, 0.25) is 0 Å². The third-order valence-electron chi connectivity index (χ3n) is 8.75. The van der Waals surface area contributed by atoms with Gasteiger partial charge in [-0.05, 0) is 51.4 Å². The van der Waals surface area contributed by atoms with Crippen molar-refractivity contribution in [3.63, 3.8) is 0 Å². The predicted octanol–water partition coefficient (Wildman–Crippen LogP) is 12.4. The molecule has 8 nitrogen and oxygen atoms in total. The number of hydrogen-bond acceptors (Lipinski definition) is 7. The normalized spacial score (nSPS) is 14.0. The molecule has 3 N–H and O–H groups in total. The highest BCUT2D eigenvalue weighted by molar-refractivity contribution is 7.47. The van der Waals surface area contributed by atoms with Gasteiger partial charge < -0.3 is 20.1 Å². The maximum Gasteiger partial charge on any atom is 0.472 e. The molecule has 0 aliphatic rings. The van der Waals surface area contributed by atoms with E-state index in [4.69, 9.17) is 24.3 Å². The van der Waals surface area contributed by atoms with Crippen molar-refractivity contribution in [2.24, 2.45) is 5.73 Å². The zero-order chi connectivity index (χ0) is 38.1. The number of phosphoric ester groups is 1. The lowest BCUT2D eigenvalue weighted by atomic mass is 10.0. The lowest BCUT2D eigenvalue weighted by Gasteiger charge is -2.20. The van der Waals surface area contributed by atoms with E-state index in [1.54, 1.807) is 0 Å². The van der Waals surface area contributed by atoms with Gasteiger partial charge in [-0.25, -0.2) is 4.57 Å². The van der Waals surface area contributed by atoms with E-state index in [1.165, 1.54) is 116 Å². The van der Waals surface area contributed by atoms with Gasteiger partial charge in [0.05, 0.1) is 19.8 Å². The minimum atomic E-state index is -4.29. The van der Waals surface area contributed by atoms with Crippen molar-refractivity contribution in [2.45, 2.75) is 187 Å². The minimum absolute atomic E-state index is 0.0915. The summed E-state index contributed by atoms with van der Waals surface area (Å²) < 4.78 is 33.3. The fourth-order valence-electron chi connectivity index (χ4n) is 5.64. The molecule has 1 unspecified atom stereocenters. The number of allylic oxidation sites excluding steroid dienone is 8. The summed E-state index contributed by atoms with van der Waals surface area (Å²) in [7, 11) is -4.29. The molecule has 2 atom stereocenters. The van der Waals surface area contributed by atoms with Crippen LogP contribution in [-0.4, -0.2) is 49.9 Å². The number of unbranched alkanes of at least 4 members (excludes halogenated alkanes) is 19. The molecule has 0 saturated heterocycles. The van der Waals surface area contributed by atoms with Crippen LogP contribution in [0.15, 0.2) is 48.6 Å². The van der Waals surface area contributed by atoms with Crippen LogP contribution in [0.2, 0.25) is 0 Å². The van der Waals surface area contributed by atoms with Gasteiger partial charge in [0.25, 0.3) is 0 Å². The van der Waals surface area contributed by atoms with Gasteiger partial charge >= 0.3 is 13.8 Å². The van der Waals surface area contributed by atoms with Crippen LogP contribution in [0.5, 0.6) is 0 Å². The molecule has 0 aliphatic heterocycles. The highest BCUT2D eigenvalue weighted by atomic mass is 31.2. The van der Waals surface area contributed by atoms with Crippen LogP contribution in [0.3, 0.4) is 0 Å². The summed E-state index contributed by atoms with van der Waals surface area (Å²) in [6, 6.07) is 0. The van der Waals surface area contributed by atoms with Crippen LogP contribution < -0.4 is 5.73 Å². The number of rotatable bonds is 40. The highest BCUT2D eigenvalue weighted by Crippen LogP contribution is 2.43. The van der Waals surface area contributed by atoms with E-state index in [-0.39, 0.29) is 38.8 Å². The van der Waals surface area contributed by atoms with E-state index in [2.05, 4.69) is 62.5 Å². The average Bonchev–Trinajstić information content (AvgIpc) is 3.13. The van der Waals surface area contributed by atoms with Crippen molar-refractivity contribution >= 4 is 13.8 Å². The lowest BCUT2D eigenvalue weighted by molar-refractivity contribution is -0.154. The second-order valence-corrected chi connectivity index (χ2v) is 15.3. The zero-order valence-corrected chi connectivity index (χ0v) is 34.4. The molecular weight excluding hydrogens is 673 g/mol. The van der Waals surface area contributed by atoms with Gasteiger partial charge in [0.15, 0.2) is 0 Å². The first-order valence-corrected chi connectivity index (χ1v) is 22.6. The Morgan fingerprint density at radius 3 is 1.52 bits per heavy atom. The Kier molecular flexibility index (Phi) is 39.4. The van der Waals surface area contributed by atoms with Gasteiger partial charge in [-0.1, -0.05) is 172 Å². The molecule has 0 fully saturated rings. The van der Waals surface area contributed by atoms with Crippen molar-refractivity contribution in [1.82, 2.24) is 0 Å². The molecule has 0 aromatic heterocycles. The molecule has 9 heteroatoms. The molecule has 0 bridgehead atoms. The van der Waals surface area contributed by atoms with Crippen LogP contribution in [0.4, 0.5) is 0 Å². The van der Waals surface area contributed by atoms with E-state index >= 15 is 0 Å². The van der Waals surface area contributed by atoms with E-state index in [0.717, 1.165) is 38.5 Å². The monoisotopic (exact) mass is 754 g/mol. The molecule has 0 aromatic carbocycles. The maximum atomic E-state index is 12.5. The first-order chi connectivity index (χ1) is 25.4. The van der Waals surface area contributed by atoms with Gasteiger partial charge in [-0.3, -0.25) is 13.8 Å². The topological polar surface area (TPSA) is 117 Å². The second kappa shape index (κ2) is 40.6. The molecule has 0 aliphatic carbocycles. The quantitative estimate of drug-likeness (QED) is 0.0275. The average molecular weight is 754 g/mol. The molecular formula is C43H80NO7P. The minimum Gasteiger partial charge on any atom is -0.457 e. The van der Waals surface area contributed by atoms with Crippen molar-refractivity contribution in [3.8, 4) is 0 Å². The number of phosphoric acid groups is 1. The van der Waals surface area contributed by atoms with Crippen LogP contribution in [0, 0.1) is 0 Å². The lowest BCUT2D eigenvalue weighted by Crippen LogP contribution is -2.28. The Morgan fingerprint density at radius 1 is 0.577 bits per heavy atom. The van der Waals surface area contributed by atoms with Crippen LogP contribution in [0.1, 0.15) is 181 Å². The number of nitrogens with two attached hydrogens (primary N) is 1. The summed E-state index contributed by atoms with van der Waals surface area (Å²) >= 11 is 0. The Balaban J connectivity index is 4.14. The van der Waals surface area contributed by atoms with Gasteiger partial charge in [-0.2, -0.15) is 0 Å². The molecule has 0 rings (SSSR count). The molecule has 0 radical (unpaired) electrons.